The summed E-state index contributed by atoms with van der Waals surface area (Å²) in [6.07, 6.45) is 0.902. The van der Waals surface area contributed by atoms with Crippen LogP contribution in [0.1, 0.15) is 55.5 Å². The fourth-order valence-electron chi connectivity index (χ4n) is 6.25. The van der Waals surface area contributed by atoms with Crippen molar-refractivity contribution in [1.82, 2.24) is 14.8 Å². The zero-order valence-electron chi connectivity index (χ0n) is 23.3. The predicted molar refractivity (Wildman–Crippen MR) is 154 cm³/mol. The maximum absolute atomic E-state index is 14.3. The number of carbonyl (C=O) groups is 2. The van der Waals surface area contributed by atoms with E-state index in [-0.39, 0.29) is 24.3 Å². The molecular weight excluding hydrogens is 502 g/mol. The number of H-pyrrole nitrogens is 1. The average Bonchev–Trinajstić information content (AvgIpc) is 3.37. The van der Waals surface area contributed by atoms with Crippen LogP contribution in [-0.4, -0.2) is 52.9 Å². The number of amides is 2. The summed E-state index contributed by atoms with van der Waals surface area (Å²) in [5.41, 5.74) is 3.68. The Balaban J connectivity index is 1.47. The van der Waals surface area contributed by atoms with E-state index in [4.69, 9.17) is 9.47 Å². The minimum atomic E-state index is -1.14. The van der Waals surface area contributed by atoms with Crippen molar-refractivity contribution in [3.8, 4) is 11.5 Å². The molecule has 2 unspecified atom stereocenters. The Morgan fingerprint density at radius 1 is 0.950 bits per heavy atom. The molecule has 7 heteroatoms. The Hall–Kier alpha value is -4.26. The number of piperazine rings is 1. The molecule has 0 radical (unpaired) electrons. The largest absolute Gasteiger partial charge is 0.490 e. The third-order valence-corrected chi connectivity index (χ3v) is 8.17. The van der Waals surface area contributed by atoms with Crippen molar-refractivity contribution in [3.63, 3.8) is 0 Å². The van der Waals surface area contributed by atoms with Gasteiger partial charge in [0, 0.05) is 29.9 Å². The number of fused-ring (bicyclic) bond motifs is 5. The van der Waals surface area contributed by atoms with Gasteiger partial charge in [0.25, 0.3) is 5.91 Å². The van der Waals surface area contributed by atoms with Gasteiger partial charge in [-0.3, -0.25) is 9.59 Å². The van der Waals surface area contributed by atoms with Gasteiger partial charge in [-0.2, -0.15) is 0 Å². The fourth-order valence-corrected chi connectivity index (χ4v) is 6.25. The van der Waals surface area contributed by atoms with Gasteiger partial charge < -0.3 is 24.3 Å². The number of hydrogen-bond donors (Lipinski definition) is 1. The zero-order chi connectivity index (χ0) is 27.9. The van der Waals surface area contributed by atoms with Gasteiger partial charge in [0.1, 0.15) is 6.54 Å². The van der Waals surface area contributed by atoms with Crippen LogP contribution in [0.4, 0.5) is 0 Å². The molecule has 7 nitrogen and oxygen atoms in total. The number of aromatic amines is 1. The van der Waals surface area contributed by atoms with Crippen LogP contribution in [0.5, 0.6) is 11.5 Å². The first-order chi connectivity index (χ1) is 19.5. The highest BCUT2D eigenvalue weighted by Crippen LogP contribution is 2.49. The topological polar surface area (TPSA) is 74.9 Å². The van der Waals surface area contributed by atoms with Gasteiger partial charge in [-0.1, -0.05) is 61.5 Å². The molecule has 0 bridgehead atoms. The third kappa shape index (κ3) is 4.21. The maximum atomic E-state index is 14.3. The Morgan fingerprint density at radius 3 is 2.50 bits per heavy atom. The van der Waals surface area contributed by atoms with E-state index in [1.54, 1.807) is 9.80 Å². The smallest absolute Gasteiger partial charge is 0.255 e. The van der Waals surface area contributed by atoms with Gasteiger partial charge in [0.05, 0.1) is 18.9 Å². The molecule has 2 aliphatic rings. The van der Waals surface area contributed by atoms with Crippen molar-refractivity contribution in [2.24, 2.45) is 0 Å². The van der Waals surface area contributed by atoms with E-state index in [2.05, 4.69) is 24.0 Å². The van der Waals surface area contributed by atoms with Crippen LogP contribution >= 0.6 is 0 Å². The first-order valence-electron chi connectivity index (χ1n) is 14.1. The summed E-state index contributed by atoms with van der Waals surface area (Å²) >= 11 is 0. The normalized spacial score (nSPS) is 20.4. The Labute approximate surface area is 234 Å². The Kier molecular flexibility index (Phi) is 6.74. The number of ether oxygens (including phenoxy) is 2. The quantitative estimate of drug-likeness (QED) is 0.318. The van der Waals surface area contributed by atoms with Gasteiger partial charge in [-0.15, -0.1) is 0 Å². The lowest BCUT2D eigenvalue weighted by molar-refractivity contribution is -0.166. The molecule has 2 atom stereocenters. The van der Waals surface area contributed by atoms with Crippen LogP contribution in [0.3, 0.4) is 0 Å². The standard InChI is InChI=1S/C33H35N3O4/c1-4-17-40-27-16-15-23(18-28(27)39-5-2)25-20-36-29(37)21-35(19-22-11-7-6-8-12-22)32(38)33(36,3)31-30(25)24-13-9-10-14-26(24)34-31/h6-16,18,25,34H,4-5,17,19-21H2,1-3H3. The lowest BCUT2D eigenvalue weighted by Crippen LogP contribution is -2.67. The monoisotopic (exact) mass is 537 g/mol. The fraction of sp³-hybridized carbons (Fsp3) is 0.333. The molecule has 3 aromatic carbocycles. The molecule has 1 saturated heterocycles. The average molecular weight is 538 g/mol. The molecule has 3 heterocycles. The molecule has 1 fully saturated rings. The highest BCUT2D eigenvalue weighted by Gasteiger charge is 2.56. The third-order valence-electron chi connectivity index (χ3n) is 8.17. The van der Waals surface area contributed by atoms with Gasteiger partial charge in [0.2, 0.25) is 5.91 Å². The lowest BCUT2D eigenvalue weighted by Gasteiger charge is -2.51. The van der Waals surface area contributed by atoms with E-state index in [9.17, 15) is 9.59 Å². The SMILES string of the molecule is CCCOc1ccc(C2CN3C(=O)CN(Cc4ccccc4)C(=O)C3(C)c3[nH]c4ccccc4c32)cc1OCC. The first-order valence-corrected chi connectivity index (χ1v) is 14.1. The molecular formula is C33H35N3O4. The summed E-state index contributed by atoms with van der Waals surface area (Å²) in [5, 5.41) is 1.06. The summed E-state index contributed by atoms with van der Waals surface area (Å²) in [5.74, 6) is 1.14. The van der Waals surface area contributed by atoms with E-state index in [1.165, 1.54) is 0 Å². The molecule has 1 aromatic heterocycles. The summed E-state index contributed by atoms with van der Waals surface area (Å²) in [4.78, 5) is 35.1. The summed E-state index contributed by atoms with van der Waals surface area (Å²) in [7, 11) is 0. The van der Waals surface area contributed by atoms with E-state index in [1.807, 2.05) is 74.5 Å². The van der Waals surface area contributed by atoms with Crippen LogP contribution < -0.4 is 9.47 Å². The van der Waals surface area contributed by atoms with Gasteiger partial charge >= 0.3 is 0 Å². The lowest BCUT2D eigenvalue weighted by atomic mass is 9.76. The number of nitrogens with one attached hydrogen (secondary N) is 1. The van der Waals surface area contributed by atoms with E-state index in [0.717, 1.165) is 39.7 Å². The summed E-state index contributed by atoms with van der Waals surface area (Å²) < 4.78 is 11.9. The Bertz CT molecular complexity index is 1560. The molecule has 0 aliphatic carbocycles. The first kappa shape index (κ1) is 26.0. The number of carbonyl (C=O) groups excluding carboxylic acids is 2. The number of rotatable bonds is 8. The molecule has 6 rings (SSSR count). The van der Waals surface area contributed by atoms with Crippen molar-refractivity contribution in [2.45, 2.75) is 45.2 Å². The van der Waals surface area contributed by atoms with Crippen molar-refractivity contribution in [1.29, 1.82) is 0 Å². The van der Waals surface area contributed by atoms with E-state index in [0.29, 0.717) is 37.8 Å². The number of hydrogen-bond acceptors (Lipinski definition) is 4. The van der Waals surface area contributed by atoms with Crippen LogP contribution in [0, 0.1) is 0 Å². The van der Waals surface area contributed by atoms with Crippen LogP contribution in [0.15, 0.2) is 72.8 Å². The molecule has 40 heavy (non-hydrogen) atoms. The highest BCUT2D eigenvalue weighted by atomic mass is 16.5. The van der Waals surface area contributed by atoms with Crippen molar-refractivity contribution < 1.29 is 19.1 Å². The molecule has 0 spiro atoms. The van der Waals surface area contributed by atoms with Crippen molar-refractivity contribution in [3.05, 3.63) is 95.2 Å². The molecule has 1 N–H and O–H groups in total. The van der Waals surface area contributed by atoms with Crippen molar-refractivity contribution >= 4 is 22.7 Å². The van der Waals surface area contributed by atoms with E-state index >= 15 is 0 Å². The number of aromatic nitrogens is 1. The second-order valence-electron chi connectivity index (χ2n) is 10.7. The second kappa shape index (κ2) is 10.4. The van der Waals surface area contributed by atoms with Gasteiger partial charge in [0.15, 0.2) is 17.0 Å². The van der Waals surface area contributed by atoms with Gasteiger partial charge in [-0.05, 0) is 55.2 Å². The predicted octanol–water partition coefficient (Wildman–Crippen LogP) is 5.59. The number of nitrogens with zero attached hydrogens (tertiary/aromatic N) is 2. The van der Waals surface area contributed by atoms with Crippen LogP contribution in [0.2, 0.25) is 0 Å². The summed E-state index contributed by atoms with van der Waals surface area (Å²) in [6, 6.07) is 24.0. The molecule has 0 saturated carbocycles. The molecule has 4 aromatic rings. The zero-order valence-corrected chi connectivity index (χ0v) is 23.3. The molecule has 2 aliphatic heterocycles. The maximum Gasteiger partial charge on any atom is 0.255 e. The van der Waals surface area contributed by atoms with Crippen molar-refractivity contribution in [2.75, 3.05) is 26.3 Å². The minimum absolute atomic E-state index is 0.0551. The minimum Gasteiger partial charge on any atom is -0.490 e. The van der Waals surface area contributed by atoms with Gasteiger partial charge in [-0.25, -0.2) is 0 Å². The number of para-hydroxylation sites is 1. The molecule has 206 valence electrons. The second-order valence-corrected chi connectivity index (χ2v) is 10.7. The Morgan fingerprint density at radius 2 is 1.73 bits per heavy atom. The van der Waals surface area contributed by atoms with Crippen LogP contribution in [0.25, 0.3) is 10.9 Å². The summed E-state index contributed by atoms with van der Waals surface area (Å²) in [6.45, 7) is 7.90. The van der Waals surface area contributed by atoms with E-state index < -0.39 is 5.54 Å². The van der Waals surface area contributed by atoms with Crippen LogP contribution in [-0.2, 0) is 21.7 Å². The highest BCUT2D eigenvalue weighted by molar-refractivity contribution is 6.01. The number of benzene rings is 3. The molecule has 2 amide bonds.